The lowest BCUT2D eigenvalue weighted by atomic mass is 10.2. The summed E-state index contributed by atoms with van der Waals surface area (Å²) in [5.74, 6) is 0.562. The average Bonchev–Trinajstić information content (AvgIpc) is 2.61. The van der Waals surface area contributed by atoms with Crippen molar-refractivity contribution in [3.63, 3.8) is 0 Å². The predicted octanol–water partition coefficient (Wildman–Crippen LogP) is 2.93. The summed E-state index contributed by atoms with van der Waals surface area (Å²) in [6.07, 6.45) is 1.72. The van der Waals surface area contributed by atoms with Gasteiger partial charge in [0.05, 0.1) is 16.6 Å². The lowest BCUT2D eigenvalue weighted by Crippen LogP contribution is -2.02. The number of hydrogen-bond acceptors (Lipinski definition) is 3. The Morgan fingerprint density at radius 3 is 2.50 bits per heavy atom. The van der Waals surface area contributed by atoms with Crippen LogP contribution in [0.4, 0.5) is 5.82 Å². The van der Waals surface area contributed by atoms with Gasteiger partial charge in [0, 0.05) is 12.2 Å². The number of anilines is 1. The molecule has 0 radical (unpaired) electrons. The van der Waals surface area contributed by atoms with E-state index in [0.29, 0.717) is 11.9 Å². The van der Waals surface area contributed by atoms with E-state index in [0.717, 1.165) is 16.6 Å². The van der Waals surface area contributed by atoms with Crippen molar-refractivity contribution < 1.29 is 0 Å². The zero-order valence-corrected chi connectivity index (χ0v) is 10.7. The Bertz CT molecular complexity index is 471. The Kier molecular flexibility index (Phi) is 3.88. The van der Waals surface area contributed by atoms with E-state index in [1.807, 2.05) is 31.5 Å². The molecule has 2 rings (SSSR count). The zero-order valence-electron chi connectivity index (χ0n) is 10.7. The summed E-state index contributed by atoms with van der Waals surface area (Å²) < 4.78 is 1.97. The van der Waals surface area contributed by atoms with Gasteiger partial charge in [0.25, 0.3) is 0 Å². The van der Waals surface area contributed by atoms with Gasteiger partial charge < -0.3 is 5.73 Å². The molecule has 0 bridgehead atoms. The normalized spacial score (nSPS) is 10.4. The maximum atomic E-state index is 5.81. The molecule has 4 heteroatoms. The van der Waals surface area contributed by atoms with Gasteiger partial charge >= 0.3 is 0 Å². The van der Waals surface area contributed by atoms with Crippen LogP contribution < -0.4 is 5.73 Å². The zero-order chi connectivity index (χ0) is 12.3. The molecule has 0 atom stereocenters. The minimum absolute atomic E-state index is 0.341. The van der Waals surface area contributed by atoms with Crippen LogP contribution in [-0.4, -0.2) is 14.8 Å². The first-order valence-corrected chi connectivity index (χ1v) is 5.70. The van der Waals surface area contributed by atoms with Gasteiger partial charge in [-0.1, -0.05) is 13.8 Å². The van der Waals surface area contributed by atoms with E-state index in [-0.39, 0.29) is 0 Å². The Morgan fingerprint density at radius 1 is 1.31 bits per heavy atom. The average molecular weight is 220 g/mol. The van der Waals surface area contributed by atoms with Crippen molar-refractivity contribution in [2.45, 2.75) is 40.7 Å². The molecular formula is C12H20N4. The molecule has 16 heavy (non-hydrogen) atoms. The van der Waals surface area contributed by atoms with Crippen molar-refractivity contribution in [1.82, 2.24) is 14.8 Å². The fraction of sp³-hybridized carbons (Fsp3) is 0.500. The van der Waals surface area contributed by atoms with Crippen molar-refractivity contribution >= 4 is 16.7 Å². The minimum Gasteiger partial charge on any atom is -0.383 e. The SMILES string of the molecule is CC.Cc1nn(C(C)C)c2ccnc(N)c12. The van der Waals surface area contributed by atoms with Crippen molar-refractivity contribution in [1.29, 1.82) is 0 Å². The highest BCUT2D eigenvalue weighted by molar-refractivity contribution is 5.90. The number of fused-ring (bicyclic) bond motifs is 1. The van der Waals surface area contributed by atoms with Crippen molar-refractivity contribution in [3.8, 4) is 0 Å². The summed E-state index contributed by atoms with van der Waals surface area (Å²) in [6, 6.07) is 2.29. The van der Waals surface area contributed by atoms with Gasteiger partial charge in [-0.2, -0.15) is 5.10 Å². The van der Waals surface area contributed by atoms with Gasteiger partial charge in [-0.25, -0.2) is 4.98 Å². The molecule has 2 aromatic rings. The highest BCUT2D eigenvalue weighted by Crippen LogP contribution is 2.24. The van der Waals surface area contributed by atoms with Crippen molar-refractivity contribution in [3.05, 3.63) is 18.0 Å². The molecule has 0 amide bonds. The second-order valence-electron chi connectivity index (χ2n) is 3.71. The molecule has 0 aliphatic rings. The van der Waals surface area contributed by atoms with Crippen LogP contribution in [0, 0.1) is 6.92 Å². The molecule has 0 aromatic carbocycles. The first kappa shape index (κ1) is 12.5. The fourth-order valence-corrected chi connectivity index (χ4v) is 1.69. The number of pyridine rings is 1. The van der Waals surface area contributed by atoms with Crippen LogP contribution in [-0.2, 0) is 0 Å². The van der Waals surface area contributed by atoms with Crippen LogP contribution in [0.2, 0.25) is 0 Å². The summed E-state index contributed by atoms with van der Waals surface area (Å²) in [5.41, 5.74) is 7.81. The first-order chi connectivity index (χ1) is 7.61. The molecule has 0 fully saturated rings. The standard InChI is InChI=1S/C10H14N4.C2H6/c1-6(2)14-8-4-5-12-10(11)9(8)7(3)13-14;1-2/h4-6H,1-3H3,(H2,11,12);1-2H3. The molecule has 0 aliphatic carbocycles. The highest BCUT2D eigenvalue weighted by Gasteiger charge is 2.11. The first-order valence-electron chi connectivity index (χ1n) is 5.70. The summed E-state index contributed by atoms with van der Waals surface area (Å²) in [4.78, 5) is 4.07. The fourth-order valence-electron chi connectivity index (χ4n) is 1.69. The van der Waals surface area contributed by atoms with Gasteiger partial charge in [-0.15, -0.1) is 0 Å². The maximum absolute atomic E-state index is 5.81. The Hall–Kier alpha value is -1.58. The molecule has 2 aromatic heterocycles. The number of nitrogens with zero attached hydrogens (tertiary/aromatic N) is 3. The third-order valence-electron chi connectivity index (χ3n) is 2.31. The van der Waals surface area contributed by atoms with E-state index in [9.17, 15) is 0 Å². The number of nitrogens with two attached hydrogens (primary N) is 1. The van der Waals surface area contributed by atoms with E-state index < -0.39 is 0 Å². The predicted molar refractivity (Wildman–Crippen MR) is 68.4 cm³/mol. The molecule has 0 unspecified atom stereocenters. The maximum Gasteiger partial charge on any atom is 0.134 e. The number of nitrogen functional groups attached to an aromatic ring is 1. The summed E-state index contributed by atoms with van der Waals surface area (Å²) >= 11 is 0. The van der Waals surface area contributed by atoms with Gasteiger partial charge in [0.15, 0.2) is 0 Å². The van der Waals surface area contributed by atoms with E-state index in [4.69, 9.17) is 5.73 Å². The third kappa shape index (κ3) is 2.01. The van der Waals surface area contributed by atoms with Crippen LogP contribution in [0.25, 0.3) is 10.9 Å². The monoisotopic (exact) mass is 220 g/mol. The van der Waals surface area contributed by atoms with E-state index in [2.05, 4.69) is 23.9 Å². The van der Waals surface area contributed by atoms with Crippen LogP contribution in [0.1, 0.15) is 39.4 Å². The molecular weight excluding hydrogens is 200 g/mol. The van der Waals surface area contributed by atoms with Crippen LogP contribution in [0.5, 0.6) is 0 Å². The molecule has 2 heterocycles. The smallest absolute Gasteiger partial charge is 0.134 e. The molecule has 0 aliphatic heterocycles. The second kappa shape index (κ2) is 4.96. The van der Waals surface area contributed by atoms with E-state index in [1.54, 1.807) is 6.20 Å². The Labute approximate surface area is 96.5 Å². The molecule has 0 saturated heterocycles. The van der Waals surface area contributed by atoms with Crippen molar-refractivity contribution in [2.24, 2.45) is 0 Å². The van der Waals surface area contributed by atoms with Gasteiger partial charge in [0.2, 0.25) is 0 Å². The largest absolute Gasteiger partial charge is 0.383 e. The minimum atomic E-state index is 0.341. The Balaban J connectivity index is 0.000000606. The van der Waals surface area contributed by atoms with E-state index in [1.165, 1.54) is 0 Å². The van der Waals surface area contributed by atoms with Crippen molar-refractivity contribution in [2.75, 3.05) is 5.73 Å². The van der Waals surface area contributed by atoms with Gasteiger partial charge in [-0.05, 0) is 26.8 Å². The third-order valence-corrected chi connectivity index (χ3v) is 2.31. The summed E-state index contributed by atoms with van der Waals surface area (Å²) in [6.45, 7) is 10.2. The molecule has 0 saturated carbocycles. The summed E-state index contributed by atoms with van der Waals surface area (Å²) in [5, 5.41) is 5.42. The lowest BCUT2D eigenvalue weighted by molar-refractivity contribution is 0.547. The molecule has 0 spiro atoms. The van der Waals surface area contributed by atoms with Gasteiger partial charge in [0.1, 0.15) is 5.82 Å². The molecule has 4 nitrogen and oxygen atoms in total. The topological polar surface area (TPSA) is 56.7 Å². The molecule has 88 valence electrons. The highest BCUT2D eigenvalue weighted by atomic mass is 15.3. The van der Waals surface area contributed by atoms with E-state index >= 15 is 0 Å². The number of aryl methyl sites for hydroxylation is 1. The van der Waals surface area contributed by atoms with Gasteiger partial charge in [-0.3, -0.25) is 4.68 Å². The summed E-state index contributed by atoms with van der Waals surface area (Å²) in [7, 11) is 0. The molecule has 2 N–H and O–H groups in total. The number of hydrogen-bond donors (Lipinski definition) is 1. The lowest BCUT2D eigenvalue weighted by Gasteiger charge is -2.06. The number of rotatable bonds is 1. The second-order valence-corrected chi connectivity index (χ2v) is 3.71. The number of aromatic nitrogens is 3. The van der Waals surface area contributed by atoms with Crippen LogP contribution >= 0.6 is 0 Å². The van der Waals surface area contributed by atoms with Crippen LogP contribution in [0.3, 0.4) is 0 Å². The van der Waals surface area contributed by atoms with Crippen LogP contribution in [0.15, 0.2) is 12.3 Å². The quantitative estimate of drug-likeness (QED) is 0.803. The Morgan fingerprint density at radius 2 is 1.94 bits per heavy atom.